The number of hydrogen-bond acceptors (Lipinski definition) is 6. The molecule has 1 saturated heterocycles. The molecule has 0 spiro atoms. The Morgan fingerprint density at radius 2 is 1.71 bits per heavy atom. The molecule has 1 aromatic carbocycles. The van der Waals surface area contributed by atoms with Gasteiger partial charge in [-0.3, -0.25) is 9.59 Å². The van der Waals surface area contributed by atoms with Crippen molar-refractivity contribution in [1.82, 2.24) is 9.80 Å². The van der Waals surface area contributed by atoms with Crippen LogP contribution in [0.25, 0.3) is 0 Å². The van der Waals surface area contributed by atoms with Crippen LogP contribution in [-0.4, -0.2) is 96.6 Å². The van der Waals surface area contributed by atoms with Crippen molar-refractivity contribution < 1.29 is 33.7 Å². The van der Waals surface area contributed by atoms with Gasteiger partial charge in [0.15, 0.2) is 0 Å². The standard InChI is InChI=1S/C22H33FN2O6/c1-16(26)25-12-5-11-24(22(29)17-6-8-18(23)9-7-17)10-3-4-13-31-15-19(27)21(28)20(14-25)30-2/h6-9,19-21,27-28H,3-5,10-15H2,1-2H3/t19-,20-,21-/m0/s1. The Balaban J connectivity index is 2.12. The van der Waals surface area contributed by atoms with Gasteiger partial charge in [-0.05, 0) is 43.5 Å². The molecule has 3 atom stereocenters. The van der Waals surface area contributed by atoms with Crippen LogP contribution in [0.2, 0.25) is 0 Å². The second-order valence-corrected chi connectivity index (χ2v) is 7.73. The summed E-state index contributed by atoms with van der Waals surface area (Å²) in [5.41, 5.74) is 0.407. The molecule has 1 heterocycles. The number of halogens is 1. The first-order valence-corrected chi connectivity index (χ1v) is 10.6. The predicted octanol–water partition coefficient (Wildman–Crippen LogP) is 1.05. The first kappa shape index (κ1) is 25.2. The summed E-state index contributed by atoms with van der Waals surface area (Å²) in [5, 5.41) is 20.6. The third-order valence-corrected chi connectivity index (χ3v) is 5.41. The van der Waals surface area contributed by atoms with Gasteiger partial charge in [-0.25, -0.2) is 4.39 Å². The molecular weight excluding hydrogens is 407 g/mol. The average Bonchev–Trinajstić information content (AvgIpc) is 2.76. The Morgan fingerprint density at radius 1 is 1.06 bits per heavy atom. The van der Waals surface area contributed by atoms with E-state index in [0.717, 1.165) is 0 Å². The topological polar surface area (TPSA) is 99.5 Å². The number of rotatable bonds is 2. The summed E-state index contributed by atoms with van der Waals surface area (Å²) in [4.78, 5) is 28.2. The van der Waals surface area contributed by atoms with Crippen LogP contribution in [0.4, 0.5) is 4.39 Å². The van der Waals surface area contributed by atoms with E-state index in [1.807, 2.05) is 0 Å². The molecular formula is C22H33FN2O6. The fourth-order valence-corrected chi connectivity index (χ4v) is 3.52. The van der Waals surface area contributed by atoms with Crippen LogP contribution in [0.1, 0.15) is 36.5 Å². The Kier molecular flexibility index (Phi) is 10.3. The van der Waals surface area contributed by atoms with Gasteiger partial charge in [-0.15, -0.1) is 0 Å². The molecule has 1 aliphatic heterocycles. The van der Waals surface area contributed by atoms with Crippen LogP contribution in [0.5, 0.6) is 0 Å². The number of carbonyl (C=O) groups is 2. The van der Waals surface area contributed by atoms with Crippen LogP contribution >= 0.6 is 0 Å². The molecule has 0 aliphatic carbocycles. The van der Waals surface area contributed by atoms with Crippen molar-refractivity contribution in [1.29, 1.82) is 0 Å². The lowest BCUT2D eigenvalue weighted by atomic mass is 10.1. The molecule has 1 fully saturated rings. The van der Waals surface area contributed by atoms with Crippen LogP contribution in [0, 0.1) is 5.82 Å². The lowest BCUT2D eigenvalue weighted by Crippen LogP contribution is -2.48. The van der Waals surface area contributed by atoms with Crippen LogP contribution in [0.3, 0.4) is 0 Å². The third kappa shape index (κ3) is 7.84. The molecule has 0 bridgehead atoms. The minimum absolute atomic E-state index is 0.0562. The smallest absolute Gasteiger partial charge is 0.253 e. The van der Waals surface area contributed by atoms with Crippen molar-refractivity contribution >= 4 is 11.8 Å². The van der Waals surface area contributed by atoms with E-state index in [9.17, 15) is 24.2 Å². The normalized spacial score (nSPS) is 24.9. The lowest BCUT2D eigenvalue weighted by molar-refractivity contribution is -0.136. The van der Waals surface area contributed by atoms with Gasteiger partial charge in [-0.1, -0.05) is 0 Å². The summed E-state index contributed by atoms with van der Waals surface area (Å²) in [5.74, 6) is -0.791. The predicted molar refractivity (Wildman–Crippen MR) is 112 cm³/mol. The molecule has 8 nitrogen and oxygen atoms in total. The van der Waals surface area contributed by atoms with Crippen LogP contribution in [0.15, 0.2) is 24.3 Å². The maximum atomic E-state index is 13.2. The summed E-state index contributed by atoms with van der Waals surface area (Å²) in [7, 11) is 1.41. The zero-order valence-electron chi connectivity index (χ0n) is 18.2. The number of ether oxygens (including phenoxy) is 2. The van der Waals surface area contributed by atoms with Gasteiger partial charge in [0.05, 0.1) is 6.61 Å². The van der Waals surface area contributed by atoms with E-state index in [0.29, 0.717) is 51.1 Å². The number of aliphatic hydroxyl groups excluding tert-OH is 2. The molecule has 31 heavy (non-hydrogen) atoms. The third-order valence-electron chi connectivity index (χ3n) is 5.41. The Hall–Kier alpha value is -2.07. The van der Waals surface area contributed by atoms with E-state index >= 15 is 0 Å². The molecule has 1 aromatic rings. The first-order chi connectivity index (χ1) is 14.8. The van der Waals surface area contributed by atoms with E-state index in [1.54, 1.807) is 4.90 Å². The summed E-state index contributed by atoms with van der Waals surface area (Å²) >= 11 is 0. The fraction of sp³-hybridized carbons (Fsp3) is 0.636. The van der Waals surface area contributed by atoms with Crippen molar-refractivity contribution in [2.45, 2.75) is 44.5 Å². The average molecular weight is 441 g/mol. The van der Waals surface area contributed by atoms with Gasteiger partial charge in [0.25, 0.3) is 5.91 Å². The molecule has 0 aromatic heterocycles. The van der Waals surface area contributed by atoms with E-state index < -0.39 is 24.1 Å². The van der Waals surface area contributed by atoms with E-state index in [2.05, 4.69) is 0 Å². The zero-order chi connectivity index (χ0) is 22.8. The SMILES string of the molecule is CO[C@H]1CN(C(C)=O)CCCN(C(=O)c2ccc(F)cc2)CCCCOC[C@H](O)[C@@H]1O. The number of hydrogen-bond donors (Lipinski definition) is 2. The molecule has 2 N–H and O–H groups in total. The van der Waals surface area contributed by atoms with Crippen molar-refractivity contribution in [2.24, 2.45) is 0 Å². The summed E-state index contributed by atoms with van der Waals surface area (Å²) in [6, 6.07) is 5.44. The minimum atomic E-state index is -1.20. The van der Waals surface area contributed by atoms with Crippen LogP contribution in [-0.2, 0) is 14.3 Å². The number of amides is 2. The minimum Gasteiger partial charge on any atom is -0.388 e. The highest BCUT2D eigenvalue weighted by molar-refractivity contribution is 5.94. The van der Waals surface area contributed by atoms with E-state index in [4.69, 9.17) is 9.47 Å². The highest BCUT2D eigenvalue weighted by Gasteiger charge is 2.29. The van der Waals surface area contributed by atoms with Crippen molar-refractivity contribution in [3.63, 3.8) is 0 Å². The summed E-state index contributed by atoms with van der Waals surface area (Å²) in [6.07, 6.45) is -1.23. The first-order valence-electron chi connectivity index (χ1n) is 10.6. The summed E-state index contributed by atoms with van der Waals surface area (Å²) < 4.78 is 24.0. The molecule has 0 radical (unpaired) electrons. The number of nitrogens with zero attached hydrogens (tertiary/aromatic N) is 2. The van der Waals surface area contributed by atoms with Gasteiger partial charge < -0.3 is 29.5 Å². The van der Waals surface area contributed by atoms with Gasteiger partial charge >= 0.3 is 0 Å². The molecule has 0 saturated carbocycles. The number of methoxy groups -OCH3 is 1. The highest BCUT2D eigenvalue weighted by Crippen LogP contribution is 2.12. The van der Waals surface area contributed by atoms with Crippen LogP contribution < -0.4 is 0 Å². The van der Waals surface area contributed by atoms with Gasteiger partial charge in [0, 0.05) is 52.4 Å². The Morgan fingerprint density at radius 3 is 2.35 bits per heavy atom. The zero-order valence-corrected chi connectivity index (χ0v) is 18.2. The van der Waals surface area contributed by atoms with Gasteiger partial charge in [0.1, 0.15) is 24.1 Å². The quantitative estimate of drug-likeness (QED) is 0.713. The second kappa shape index (κ2) is 12.7. The largest absolute Gasteiger partial charge is 0.388 e. The number of carbonyl (C=O) groups excluding carboxylic acids is 2. The van der Waals surface area contributed by atoms with Crippen molar-refractivity contribution in [3.8, 4) is 0 Å². The molecule has 0 unspecified atom stereocenters. The van der Waals surface area contributed by atoms with E-state index in [-0.39, 0.29) is 25.0 Å². The second-order valence-electron chi connectivity index (χ2n) is 7.73. The number of benzene rings is 1. The Labute approximate surface area is 182 Å². The van der Waals surface area contributed by atoms with E-state index in [1.165, 1.54) is 43.2 Å². The lowest BCUT2D eigenvalue weighted by Gasteiger charge is -2.31. The fourth-order valence-electron chi connectivity index (χ4n) is 3.52. The maximum absolute atomic E-state index is 13.2. The van der Waals surface area contributed by atoms with Crippen molar-refractivity contribution in [3.05, 3.63) is 35.6 Å². The molecule has 174 valence electrons. The molecule has 1 aliphatic rings. The van der Waals surface area contributed by atoms with Gasteiger partial charge in [0.2, 0.25) is 5.91 Å². The maximum Gasteiger partial charge on any atom is 0.253 e. The molecule has 2 rings (SSSR count). The number of aliphatic hydroxyl groups is 2. The molecule has 2 amide bonds. The molecule has 9 heteroatoms. The van der Waals surface area contributed by atoms with Crippen molar-refractivity contribution in [2.75, 3.05) is 46.5 Å². The Bertz CT molecular complexity index is 702. The highest BCUT2D eigenvalue weighted by atomic mass is 19.1. The monoisotopic (exact) mass is 440 g/mol. The summed E-state index contributed by atoms with van der Waals surface area (Å²) in [6.45, 7) is 3.13. The van der Waals surface area contributed by atoms with Gasteiger partial charge in [-0.2, -0.15) is 0 Å².